The van der Waals surface area contributed by atoms with E-state index in [1.807, 2.05) is 24.3 Å². The molecule has 3 N–H and O–H groups in total. The molecule has 1 aromatic carbocycles. The van der Waals surface area contributed by atoms with Gasteiger partial charge in [-0.1, -0.05) is 47.9 Å². The fourth-order valence-electron chi connectivity index (χ4n) is 2.27. The van der Waals surface area contributed by atoms with Crippen LogP contribution >= 0.6 is 23.0 Å². The first-order valence-corrected chi connectivity index (χ1v) is 9.54. The summed E-state index contributed by atoms with van der Waals surface area (Å²) < 4.78 is 8.72. The molecule has 1 heterocycles. The first-order chi connectivity index (χ1) is 11.2. The Morgan fingerprint density at radius 2 is 2.00 bits per heavy atom. The van der Waals surface area contributed by atoms with E-state index in [1.165, 1.54) is 0 Å². The molecule has 6 nitrogen and oxygen atoms in total. The van der Waals surface area contributed by atoms with Gasteiger partial charge in [-0.3, -0.25) is 10.0 Å². The largest absolute Gasteiger partial charge is 0.289 e. The number of nitrogens with one attached hydrogen (secondary N) is 2. The van der Waals surface area contributed by atoms with E-state index in [0.29, 0.717) is 6.42 Å². The van der Waals surface area contributed by atoms with Gasteiger partial charge in [0.05, 0.1) is 0 Å². The van der Waals surface area contributed by atoms with Crippen LogP contribution in [0.5, 0.6) is 0 Å². The highest BCUT2D eigenvalue weighted by molar-refractivity contribution is 8.11. The summed E-state index contributed by atoms with van der Waals surface area (Å²) in [5.74, 6) is 0.604. The molecule has 0 spiro atoms. The Balaban J connectivity index is 1.55. The Kier molecular flexibility index (Phi) is 8.14. The van der Waals surface area contributed by atoms with Crippen molar-refractivity contribution in [3.8, 4) is 0 Å². The number of carbonyl (C=O) groups excluding carboxylic acids is 1. The summed E-state index contributed by atoms with van der Waals surface area (Å²) in [4.78, 5) is 16.2. The Morgan fingerprint density at radius 3 is 2.74 bits per heavy atom. The third kappa shape index (κ3) is 7.07. The number of hydrogen-bond donors (Lipinski definition) is 4. The molecule has 0 aromatic heterocycles. The van der Waals surface area contributed by atoms with E-state index in [-0.39, 0.29) is 12.1 Å². The second-order valence-electron chi connectivity index (χ2n) is 5.42. The number of halogens is 1. The van der Waals surface area contributed by atoms with E-state index in [9.17, 15) is 4.79 Å². The molecule has 1 aliphatic rings. The molecule has 1 fully saturated rings. The highest BCUT2D eigenvalue weighted by atomic mass is 35.5. The minimum absolute atomic E-state index is 0.115. The second kappa shape index (κ2) is 10.1. The molecular formula is C15H23ClN2O4S. The van der Waals surface area contributed by atoms with Crippen molar-refractivity contribution in [1.82, 2.24) is 10.2 Å². The Bertz CT molecular complexity index is 489. The zero-order valence-corrected chi connectivity index (χ0v) is 14.5. The molecule has 1 amide bonds. The van der Waals surface area contributed by atoms with Gasteiger partial charge in [0.25, 0.3) is 0 Å². The minimum Gasteiger partial charge on any atom is -0.289 e. The first-order valence-electron chi connectivity index (χ1n) is 7.72. The van der Waals surface area contributed by atoms with Crippen LogP contribution in [0.4, 0.5) is 0 Å². The average molecular weight is 363 g/mol. The van der Waals surface area contributed by atoms with Gasteiger partial charge in [-0.2, -0.15) is 4.33 Å². The Morgan fingerprint density at radius 1 is 1.26 bits per heavy atom. The van der Waals surface area contributed by atoms with E-state index in [2.05, 4.69) is 4.72 Å². The van der Waals surface area contributed by atoms with E-state index in [4.69, 9.17) is 26.0 Å². The lowest BCUT2D eigenvalue weighted by atomic mass is 10.1. The van der Waals surface area contributed by atoms with E-state index in [1.54, 1.807) is 5.48 Å². The number of unbranched alkanes of at least 4 members (excludes halogenated alkanes) is 3. The lowest BCUT2D eigenvalue weighted by Crippen LogP contribution is -2.23. The zero-order valence-electron chi connectivity index (χ0n) is 12.8. The van der Waals surface area contributed by atoms with Gasteiger partial charge in [0.15, 0.2) is 6.23 Å². The average Bonchev–Trinajstić information content (AvgIpc) is 3.00. The SMILES string of the molecule is O=C(CCCCCC[SH]1NC(Cc2ccc(Cl)cc2)OO1)NO. The van der Waals surface area contributed by atoms with E-state index >= 15 is 0 Å². The molecule has 8 heteroatoms. The molecule has 1 aliphatic heterocycles. The molecule has 1 aromatic rings. The topological polar surface area (TPSA) is 79.8 Å². The first kappa shape index (κ1) is 18.5. The fraction of sp³-hybridized carbons (Fsp3) is 0.533. The maximum Gasteiger partial charge on any atom is 0.243 e. The predicted octanol–water partition coefficient (Wildman–Crippen LogP) is 3.05. The van der Waals surface area contributed by atoms with Crippen molar-refractivity contribution >= 4 is 28.9 Å². The fourth-order valence-corrected chi connectivity index (χ4v) is 3.82. The predicted molar refractivity (Wildman–Crippen MR) is 91.1 cm³/mol. The summed E-state index contributed by atoms with van der Waals surface area (Å²) in [7, 11) is 0. The smallest absolute Gasteiger partial charge is 0.243 e. The van der Waals surface area contributed by atoms with Crippen LogP contribution in [-0.4, -0.2) is 23.1 Å². The van der Waals surface area contributed by atoms with Gasteiger partial charge in [0.2, 0.25) is 5.91 Å². The second-order valence-corrected chi connectivity index (χ2v) is 7.47. The number of thiol groups is 1. The van der Waals surface area contributed by atoms with Crippen molar-refractivity contribution in [2.24, 2.45) is 0 Å². The summed E-state index contributed by atoms with van der Waals surface area (Å²) in [5, 5.41) is 9.11. The lowest BCUT2D eigenvalue weighted by molar-refractivity contribution is -0.212. The van der Waals surface area contributed by atoms with Crippen LogP contribution in [0.1, 0.15) is 37.7 Å². The molecule has 0 aliphatic carbocycles. The highest BCUT2D eigenvalue weighted by Gasteiger charge is 2.23. The maximum absolute atomic E-state index is 10.8. The summed E-state index contributed by atoms with van der Waals surface area (Å²) in [6, 6.07) is 7.70. The standard InChI is InChI=1S/C15H23ClN2O4S/c16-13-8-6-12(7-9-13)11-15-18-23(22-21-15)10-4-2-1-3-5-14(19)17-20/h6-9,15,18,20,23H,1-5,10-11H2,(H,17,19). The van der Waals surface area contributed by atoms with Gasteiger partial charge in [0.1, 0.15) is 0 Å². The summed E-state index contributed by atoms with van der Waals surface area (Å²) >= 11 is 5.13. The number of hydrogen-bond acceptors (Lipinski definition) is 5. The summed E-state index contributed by atoms with van der Waals surface area (Å²) in [6.45, 7) is 0. The van der Waals surface area contributed by atoms with E-state index < -0.39 is 11.4 Å². The van der Waals surface area contributed by atoms with Crippen LogP contribution in [0.3, 0.4) is 0 Å². The van der Waals surface area contributed by atoms with Crippen LogP contribution in [-0.2, 0) is 20.4 Å². The van der Waals surface area contributed by atoms with Gasteiger partial charge in [-0.25, -0.2) is 15.1 Å². The van der Waals surface area contributed by atoms with Gasteiger partial charge < -0.3 is 0 Å². The number of benzene rings is 1. The minimum atomic E-state index is -0.741. The molecule has 23 heavy (non-hydrogen) atoms. The van der Waals surface area contributed by atoms with Gasteiger partial charge in [-0.15, -0.1) is 0 Å². The van der Waals surface area contributed by atoms with Crippen molar-refractivity contribution in [2.75, 3.05) is 5.75 Å². The van der Waals surface area contributed by atoms with Crippen LogP contribution in [0.15, 0.2) is 24.3 Å². The summed E-state index contributed by atoms with van der Waals surface area (Å²) in [6.07, 6.45) is 4.80. The van der Waals surface area contributed by atoms with Crippen LogP contribution in [0.2, 0.25) is 5.02 Å². The van der Waals surface area contributed by atoms with Crippen LogP contribution in [0, 0.1) is 0 Å². The number of amides is 1. The molecule has 130 valence electrons. The van der Waals surface area contributed by atoms with Gasteiger partial charge in [0, 0.05) is 23.6 Å². The van der Waals surface area contributed by atoms with Crippen LogP contribution in [0.25, 0.3) is 0 Å². The molecular weight excluding hydrogens is 340 g/mol. The van der Waals surface area contributed by atoms with Crippen molar-refractivity contribution in [2.45, 2.75) is 44.8 Å². The third-order valence-corrected chi connectivity index (χ3v) is 5.33. The molecule has 0 radical (unpaired) electrons. The molecule has 0 saturated carbocycles. The molecule has 2 rings (SSSR count). The van der Waals surface area contributed by atoms with Crippen molar-refractivity contribution < 1.29 is 19.2 Å². The zero-order chi connectivity index (χ0) is 16.5. The number of rotatable bonds is 9. The van der Waals surface area contributed by atoms with Crippen molar-refractivity contribution in [1.29, 1.82) is 0 Å². The monoisotopic (exact) mass is 362 g/mol. The molecule has 2 unspecified atom stereocenters. The van der Waals surface area contributed by atoms with E-state index in [0.717, 1.165) is 48.4 Å². The van der Waals surface area contributed by atoms with Crippen molar-refractivity contribution in [3.05, 3.63) is 34.9 Å². The highest BCUT2D eigenvalue weighted by Crippen LogP contribution is 2.32. The quantitative estimate of drug-likeness (QED) is 0.178. The summed E-state index contributed by atoms with van der Waals surface area (Å²) in [5.41, 5.74) is 2.79. The Hall–Kier alpha value is -0.830. The molecule has 2 atom stereocenters. The lowest BCUT2D eigenvalue weighted by Gasteiger charge is -2.12. The Labute approximate surface area is 144 Å². The number of hydroxylamine groups is 1. The van der Waals surface area contributed by atoms with Crippen molar-refractivity contribution in [3.63, 3.8) is 0 Å². The molecule has 1 saturated heterocycles. The number of carbonyl (C=O) groups is 1. The van der Waals surface area contributed by atoms with Gasteiger partial charge >= 0.3 is 0 Å². The molecule has 0 bridgehead atoms. The maximum atomic E-state index is 10.8. The van der Waals surface area contributed by atoms with Crippen LogP contribution < -0.4 is 10.2 Å². The normalized spacial score (nSPS) is 22.2. The van der Waals surface area contributed by atoms with Gasteiger partial charge in [-0.05, 0) is 30.5 Å². The third-order valence-electron chi connectivity index (χ3n) is 3.51.